The van der Waals surface area contributed by atoms with Gasteiger partial charge in [-0.05, 0) is 45.9 Å². The Kier molecular flexibility index (Phi) is 4.85. The van der Waals surface area contributed by atoms with E-state index in [1.165, 1.54) is 7.11 Å². The Bertz CT molecular complexity index is 784. The molecule has 0 aliphatic carbocycles. The van der Waals surface area contributed by atoms with Crippen LogP contribution in [0.3, 0.4) is 0 Å². The molecule has 3 aliphatic heterocycles. The normalized spacial score (nSPS) is 35.1. The quantitative estimate of drug-likeness (QED) is 0.815. The van der Waals surface area contributed by atoms with Crippen LogP contribution in [0.1, 0.15) is 27.7 Å². The van der Waals surface area contributed by atoms with Crippen molar-refractivity contribution in [1.82, 2.24) is 0 Å². The van der Waals surface area contributed by atoms with Crippen molar-refractivity contribution in [2.75, 3.05) is 12.4 Å². The number of halogens is 1. The molecule has 154 valence electrons. The molecule has 3 aliphatic rings. The number of methoxy groups -OCH3 is 1. The lowest BCUT2D eigenvalue weighted by Gasteiger charge is -2.36. The maximum atomic E-state index is 13.1. The van der Waals surface area contributed by atoms with Gasteiger partial charge in [-0.3, -0.25) is 4.79 Å². The minimum Gasteiger partial charge on any atom is -0.495 e. The standard InChI is InChI=1S/C19H24ClNO7/c1-18(2)25-12-13(26-18)15-17(28-19(3,4)27-15)24-14(12)16(22)21-10-8-9(20)6-7-11(10)23-5/h6-8,12-15,17H,1-5H3,(H,21,22)/t12-,13-,14+,15+,17+/m0/s1. The van der Waals surface area contributed by atoms with E-state index in [9.17, 15) is 4.79 Å². The summed E-state index contributed by atoms with van der Waals surface area (Å²) in [5.74, 6) is -1.66. The Balaban J connectivity index is 1.60. The van der Waals surface area contributed by atoms with Gasteiger partial charge in [0, 0.05) is 5.02 Å². The zero-order valence-corrected chi connectivity index (χ0v) is 17.1. The second-order valence-corrected chi connectivity index (χ2v) is 8.36. The maximum absolute atomic E-state index is 13.1. The second-order valence-electron chi connectivity index (χ2n) is 7.92. The third-order valence-electron chi connectivity index (χ3n) is 4.83. The van der Waals surface area contributed by atoms with E-state index in [2.05, 4.69) is 5.32 Å². The first-order valence-corrected chi connectivity index (χ1v) is 9.47. The van der Waals surface area contributed by atoms with Crippen LogP contribution >= 0.6 is 11.6 Å². The fourth-order valence-electron chi connectivity index (χ4n) is 3.81. The Morgan fingerprint density at radius 2 is 1.68 bits per heavy atom. The molecule has 5 atom stereocenters. The van der Waals surface area contributed by atoms with Crippen molar-refractivity contribution in [3.8, 4) is 5.75 Å². The van der Waals surface area contributed by atoms with E-state index in [1.54, 1.807) is 45.9 Å². The van der Waals surface area contributed by atoms with Crippen LogP contribution in [-0.4, -0.2) is 55.3 Å². The summed E-state index contributed by atoms with van der Waals surface area (Å²) in [6.07, 6.45) is -3.36. The van der Waals surface area contributed by atoms with Gasteiger partial charge < -0.3 is 33.7 Å². The number of hydrogen-bond donors (Lipinski definition) is 1. The van der Waals surface area contributed by atoms with Gasteiger partial charge in [0.05, 0.1) is 12.8 Å². The van der Waals surface area contributed by atoms with Crippen LogP contribution in [0.4, 0.5) is 5.69 Å². The van der Waals surface area contributed by atoms with Crippen molar-refractivity contribution in [3.05, 3.63) is 23.2 Å². The van der Waals surface area contributed by atoms with Gasteiger partial charge in [-0.1, -0.05) is 11.6 Å². The van der Waals surface area contributed by atoms with Crippen molar-refractivity contribution in [1.29, 1.82) is 0 Å². The average molecular weight is 414 g/mol. The number of fused-ring (bicyclic) bond motifs is 3. The molecule has 0 bridgehead atoms. The monoisotopic (exact) mass is 413 g/mol. The van der Waals surface area contributed by atoms with Crippen molar-refractivity contribution in [2.45, 2.75) is 70.0 Å². The summed E-state index contributed by atoms with van der Waals surface area (Å²) in [6.45, 7) is 7.15. The molecule has 1 N–H and O–H groups in total. The fraction of sp³-hybridized carbons (Fsp3) is 0.632. The summed E-state index contributed by atoms with van der Waals surface area (Å²) in [5, 5.41) is 3.27. The summed E-state index contributed by atoms with van der Waals surface area (Å²) in [5.41, 5.74) is 0.435. The van der Waals surface area contributed by atoms with E-state index in [1.807, 2.05) is 0 Å². The average Bonchev–Trinajstić information content (AvgIpc) is 3.08. The fourth-order valence-corrected chi connectivity index (χ4v) is 3.98. The number of anilines is 1. The zero-order valence-electron chi connectivity index (χ0n) is 16.4. The molecule has 4 rings (SSSR count). The van der Waals surface area contributed by atoms with Gasteiger partial charge in [0.25, 0.3) is 5.91 Å². The van der Waals surface area contributed by atoms with Crippen molar-refractivity contribution < 1.29 is 33.2 Å². The number of hydrogen-bond acceptors (Lipinski definition) is 7. The molecule has 1 aromatic rings. The number of nitrogens with one attached hydrogen (secondary N) is 1. The Hall–Kier alpha value is -1.42. The minimum absolute atomic E-state index is 0.413. The van der Waals surface area contributed by atoms with E-state index in [0.717, 1.165) is 0 Å². The van der Waals surface area contributed by atoms with Crippen molar-refractivity contribution >= 4 is 23.2 Å². The number of carbonyl (C=O) groups excluding carboxylic acids is 1. The third-order valence-corrected chi connectivity index (χ3v) is 5.07. The van der Waals surface area contributed by atoms with Gasteiger partial charge in [-0.2, -0.15) is 0 Å². The maximum Gasteiger partial charge on any atom is 0.256 e. The van der Waals surface area contributed by atoms with Gasteiger partial charge in [0.1, 0.15) is 24.1 Å². The highest BCUT2D eigenvalue weighted by molar-refractivity contribution is 6.31. The van der Waals surface area contributed by atoms with Crippen LogP contribution in [-0.2, 0) is 28.5 Å². The van der Waals surface area contributed by atoms with E-state index in [0.29, 0.717) is 16.5 Å². The molecule has 0 unspecified atom stereocenters. The van der Waals surface area contributed by atoms with Gasteiger partial charge in [0.2, 0.25) is 0 Å². The van der Waals surface area contributed by atoms with Gasteiger partial charge >= 0.3 is 0 Å². The predicted molar refractivity (Wildman–Crippen MR) is 99.2 cm³/mol. The van der Waals surface area contributed by atoms with E-state index in [4.69, 9.17) is 40.0 Å². The van der Waals surface area contributed by atoms with Crippen LogP contribution in [0.5, 0.6) is 5.75 Å². The molecule has 0 saturated carbocycles. The van der Waals surface area contributed by atoms with Crippen LogP contribution in [0.15, 0.2) is 18.2 Å². The summed E-state index contributed by atoms with van der Waals surface area (Å²) >= 11 is 6.05. The lowest BCUT2D eigenvalue weighted by molar-refractivity contribution is -0.229. The van der Waals surface area contributed by atoms with Crippen molar-refractivity contribution in [2.24, 2.45) is 0 Å². The smallest absolute Gasteiger partial charge is 0.256 e. The first-order valence-electron chi connectivity index (χ1n) is 9.10. The lowest BCUT2D eigenvalue weighted by atomic mass is 9.98. The van der Waals surface area contributed by atoms with E-state index >= 15 is 0 Å². The van der Waals surface area contributed by atoms with Crippen LogP contribution in [0, 0.1) is 0 Å². The summed E-state index contributed by atoms with van der Waals surface area (Å²) < 4.78 is 35.0. The number of benzene rings is 1. The highest BCUT2D eigenvalue weighted by atomic mass is 35.5. The Labute approximate surface area is 168 Å². The van der Waals surface area contributed by atoms with E-state index in [-0.39, 0.29) is 0 Å². The van der Waals surface area contributed by atoms with Crippen molar-refractivity contribution in [3.63, 3.8) is 0 Å². The molecule has 0 spiro atoms. The number of rotatable bonds is 3. The SMILES string of the molecule is COc1ccc(Cl)cc1NC(=O)[C@@H]1O[C@@H]2OC(C)(C)O[C@@H]2[C@H]2OC(C)(C)O[C@@H]21. The number of carbonyl (C=O) groups is 1. The molecule has 1 aromatic carbocycles. The molecule has 9 heteroatoms. The molecule has 3 heterocycles. The van der Waals surface area contributed by atoms with E-state index < -0.39 is 48.2 Å². The summed E-state index contributed by atoms with van der Waals surface area (Å²) in [6, 6.07) is 4.96. The summed E-state index contributed by atoms with van der Waals surface area (Å²) in [4.78, 5) is 13.1. The Morgan fingerprint density at radius 1 is 1.04 bits per heavy atom. The molecule has 28 heavy (non-hydrogen) atoms. The molecule has 3 fully saturated rings. The van der Waals surface area contributed by atoms with Crippen LogP contribution in [0.2, 0.25) is 5.02 Å². The molecular formula is C19H24ClNO7. The topological polar surface area (TPSA) is 84.5 Å². The molecular weight excluding hydrogens is 390 g/mol. The number of amides is 1. The molecule has 8 nitrogen and oxygen atoms in total. The first-order chi connectivity index (χ1) is 13.1. The molecule has 1 amide bonds. The lowest BCUT2D eigenvalue weighted by Crippen LogP contribution is -2.58. The second kappa shape index (κ2) is 6.83. The van der Waals surface area contributed by atoms with Gasteiger partial charge in [0.15, 0.2) is 24.0 Å². The Morgan fingerprint density at radius 3 is 2.39 bits per heavy atom. The predicted octanol–water partition coefficient (Wildman–Crippen LogP) is 2.68. The third kappa shape index (κ3) is 3.60. The minimum atomic E-state index is -0.964. The highest BCUT2D eigenvalue weighted by Gasteiger charge is 2.62. The molecule has 0 radical (unpaired) electrons. The molecule has 3 saturated heterocycles. The molecule has 0 aromatic heterocycles. The van der Waals surface area contributed by atoms with Gasteiger partial charge in [-0.25, -0.2) is 0 Å². The highest BCUT2D eigenvalue weighted by Crippen LogP contribution is 2.44. The zero-order chi connectivity index (χ0) is 20.3. The summed E-state index contributed by atoms with van der Waals surface area (Å²) in [7, 11) is 1.51. The first kappa shape index (κ1) is 19.9. The largest absolute Gasteiger partial charge is 0.495 e. The van der Waals surface area contributed by atoms with Gasteiger partial charge in [-0.15, -0.1) is 0 Å². The van der Waals surface area contributed by atoms with Crippen LogP contribution in [0.25, 0.3) is 0 Å². The van der Waals surface area contributed by atoms with Crippen LogP contribution < -0.4 is 10.1 Å². The number of ether oxygens (including phenoxy) is 6.